The van der Waals surface area contributed by atoms with Gasteiger partial charge in [0.05, 0.1) is 6.21 Å². The highest BCUT2D eigenvalue weighted by Gasteiger charge is 1.93. The van der Waals surface area contributed by atoms with E-state index in [9.17, 15) is 4.79 Å². The first-order valence-electron chi connectivity index (χ1n) is 4.45. The van der Waals surface area contributed by atoms with Gasteiger partial charge in [-0.1, -0.05) is 12.1 Å². The molecule has 0 atom stereocenters. The molecule has 1 rings (SSSR count). The SMILES string of the molecule is CN(C)c1ccc(/C=N/NC(N)=O)cc1. The lowest BCUT2D eigenvalue weighted by Gasteiger charge is -2.11. The number of carbonyl (C=O) groups excluding carboxylic acids is 1. The van der Waals surface area contributed by atoms with E-state index in [4.69, 9.17) is 5.73 Å². The van der Waals surface area contributed by atoms with Crippen LogP contribution in [0.4, 0.5) is 10.5 Å². The fraction of sp³-hybridized carbons (Fsp3) is 0.200. The van der Waals surface area contributed by atoms with E-state index in [-0.39, 0.29) is 0 Å². The van der Waals surface area contributed by atoms with Gasteiger partial charge in [0.2, 0.25) is 0 Å². The molecule has 15 heavy (non-hydrogen) atoms. The Balaban J connectivity index is 2.64. The molecule has 0 saturated carbocycles. The van der Waals surface area contributed by atoms with Gasteiger partial charge in [0.25, 0.3) is 0 Å². The fourth-order valence-electron chi connectivity index (χ4n) is 1.03. The topological polar surface area (TPSA) is 70.7 Å². The van der Waals surface area contributed by atoms with E-state index < -0.39 is 6.03 Å². The number of nitrogens with two attached hydrogens (primary N) is 1. The fourth-order valence-corrected chi connectivity index (χ4v) is 1.03. The predicted molar refractivity (Wildman–Crippen MR) is 61.1 cm³/mol. The van der Waals surface area contributed by atoms with Crippen LogP contribution in [-0.2, 0) is 0 Å². The molecule has 3 N–H and O–H groups in total. The van der Waals surface area contributed by atoms with E-state index in [2.05, 4.69) is 10.5 Å². The summed E-state index contributed by atoms with van der Waals surface area (Å²) >= 11 is 0. The van der Waals surface area contributed by atoms with Crippen molar-refractivity contribution in [1.29, 1.82) is 0 Å². The number of amides is 2. The van der Waals surface area contributed by atoms with Gasteiger partial charge in [0.1, 0.15) is 0 Å². The molecule has 2 amide bonds. The Morgan fingerprint density at radius 2 is 2.00 bits per heavy atom. The Bertz CT molecular complexity index is 356. The zero-order chi connectivity index (χ0) is 11.3. The van der Waals surface area contributed by atoms with Crippen LogP contribution in [0.1, 0.15) is 5.56 Å². The zero-order valence-electron chi connectivity index (χ0n) is 8.77. The third-order valence-electron chi connectivity index (χ3n) is 1.80. The average Bonchev–Trinajstić information content (AvgIpc) is 2.18. The standard InChI is InChI=1S/C10H14N4O/c1-14(2)9-5-3-8(4-6-9)7-12-13-10(11)15/h3-7H,1-2H3,(H3,11,13,15)/b12-7+. The first-order chi connectivity index (χ1) is 7.09. The van der Waals surface area contributed by atoms with Gasteiger partial charge in [-0.3, -0.25) is 0 Å². The maximum absolute atomic E-state index is 10.3. The van der Waals surface area contributed by atoms with Gasteiger partial charge in [-0.2, -0.15) is 5.10 Å². The van der Waals surface area contributed by atoms with Crippen molar-refractivity contribution in [2.75, 3.05) is 19.0 Å². The molecule has 0 bridgehead atoms. The Morgan fingerprint density at radius 3 is 2.47 bits per heavy atom. The van der Waals surface area contributed by atoms with Crippen molar-refractivity contribution in [3.8, 4) is 0 Å². The third kappa shape index (κ3) is 3.68. The molecule has 0 radical (unpaired) electrons. The molecule has 5 heteroatoms. The van der Waals surface area contributed by atoms with Crippen LogP contribution in [0.3, 0.4) is 0 Å². The second kappa shape index (κ2) is 4.99. The number of rotatable bonds is 3. The third-order valence-corrected chi connectivity index (χ3v) is 1.80. The Labute approximate surface area is 88.6 Å². The van der Waals surface area contributed by atoms with Crippen molar-refractivity contribution in [1.82, 2.24) is 5.43 Å². The average molecular weight is 206 g/mol. The zero-order valence-corrected chi connectivity index (χ0v) is 8.77. The summed E-state index contributed by atoms with van der Waals surface area (Å²) < 4.78 is 0. The second-order valence-corrected chi connectivity index (χ2v) is 3.22. The van der Waals surface area contributed by atoms with Crippen LogP contribution in [0.15, 0.2) is 29.4 Å². The largest absolute Gasteiger partial charge is 0.378 e. The highest BCUT2D eigenvalue weighted by molar-refractivity contribution is 5.82. The second-order valence-electron chi connectivity index (χ2n) is 3.22. The molecular formula is C10H14N4O. The number of hydrogen-bond acceptors (Lipinski definition) is 3. The molecule has 0 spiro atoms. The van der Waals surface area contributed by atoms with E-state index in [0.717, 1.165) is 11.3 Å². The highest BCUT2D eigenvalue weighted by Crippen LogP contribution is 2.10. The van der Waals surface area contributed by atoms with Crippen molar-refractivity contribution >= 4 is 17.9 Å². The molecule has 5 nitrogen and oxygen atoms in total. The van der Waals surface area contributed by atoms with E-state index in [1.807, 2.05) is 43.3 Å². The number of nitrogens with one attached hydrogen (secondary N) is 1. The van der Waals surface area contributed by atoms with Crippen LogP contribution in [-0.4, -0.2) is 26.3 Å². The quantitative estimate of drug-likeness (QED) is 0.566. The van der Waals surface area contributed by atoms with Crippen LogP contribution >= 0.6 is 0 Å². The maximum Gasteiger partial charge on any atom is 0.332 e. The van der Waals surface area contributed by atoms with Crippen LogP contribution in [0.5, 0.6) is 0 Å². The van der Waals surface area contributed by atoms with Crippen molar-refractivity contribution < 1.29 is 4.79 Å². The molecule has 0 aliphatic carbocycles. The normalized spacial score (nSPS) is 10.3. The number of nitrogens with zero attached hydrogens (tertiary/aromatic N) is 2. The summed E-state index contributed by atoms with van der Waals surface area (Å²) in [5.41, 5.74) is 8.98. The minimum absolute atomic E-state index is 0.670. The minimum Gasteiger partial charge on any atom is -0.378 e. The molecule has 0 aliphatic rings. The van der Waals surface area contributed by atoms with Gasteiger partial charge in [-0.25, -0.2) is 10.2 Å². The molecule has 1 aromatic rings. The van der Waals surface area contributed by atoms with Crippen LogP contribution in [0, 0.1) is 0 Å². The van der Waals surface area contributed by atoms with Gasteiger partial charge in [-0.15, -0.1) is 0 Å². The molecule has 0 unspecified atom stereocenters. The predicted octanol–water partition coefficient (Wildman–Crippen LogP) is 0.755. The number of primary amides is 1. The number of hydrogen-bond donors (Lipinski definition) is 2. The summed E-state index contributed by atoms with van der Waals surface area (Å²) in [7, 11) is 3.94. The summed E-state index contributed by atoms with van der Waals surface area (Å²) in [6, 6.07) is 7.07. The van der Waals surface area contributed by atoms with E-state index >= 15 is 0 Å². The summed E-state index contributed by atoms with van der Waals surface area (Å²) in [4.78, 5) is 12.3. The van der Waals surface area contributed by atoms with Crippen LogP contribution in [0.25, 0.3) is 0 Å². The summed E-state index contributed by atoms with van der Waals surface area (Å²) in [6.45, 7) is 0. The number of urea groups is 1. The monoisotopic (exact) mass is 206 g/mol. The van der Waals surface area contributed by atoms with Crippen LogP contribution < -0.4 is 16.1 Å². The summed E-state index contributed by atoms with van der Waals surface area (Å²) in [5, 5.41) is 3.65. The Morgan fingerprint density at radius 1 is 1.40 bits per heavy atom. The van der Waals surface area contributed by atoms with Crippen molar-refractivity contribution in [2.24, 2.45) is 10.8 Å². The number of benzene rings is 1. The minimum atomic E-state index is -0.670. The van der Waals surface area contributed by atoms with Crippen molar-refractivity contribution in [3.05, 3.63) is 29.8 Å². The van der Waals surface area contributed by atoms with E-state index in [1.165, 1.54) is 6.21 Å². The van der Waals surface area contributed by atoms with Crippen molar-refractivity contribution in [2.45, 2.75) is 0 Å². The molecule has 0 fully saturated rings. The molecule has 80 valence electrons. The number of carbonyl (C=O) groups is 1. The lowest BCUT2D eigenvalue weighted by atomic mass is 10.2. The highest BCUT2D eigenvalue weighted by atomic mass is 16.2. The smallest absolute Gasteiger partial charge is 0.332 e. The van der Waals surface area contributed by atoms with E-state index in [0.29, 0.717) is 0 Å². The summed E-state index contributed by atoms with van der Waals surface area (Å²) in [5.74, 6) is 0. The lowest BCUT2D eigenvalue weighted by Crippen LogP contribution is -2.24. The molecule has 0 heterocycles. The first kappa shape index (κ1) is 11.0. The molecule has 0 aromatic heterocycles. The van der Waals surface area contributed by atoms with Gasteiger partial charge in [0.15, 0.2) is 0 Å². The van der Waals surface area contributed by atoms with Crippen molar-refractivity contribution in [3.63, 3.8) is 0 Å². The molecular weight excluding hydrogens is 192 g/mol. The molecule has 0 saturated heterocycles. The Hall–Kier alpha value is -2.04. The van der Waals surface area contributed by atoms with Gasteiger partial charge in [-0.05, 0) is 17.7 Å². The first-order valence-corrected chi connectivity index (χ1v) is 4.45. The number of anilines is 1. The van der Waals surface area contributed by atoms with Gasteiger partial charge >= 0.3 is 6.03 Å². The number of hydrazone groups is 1. The molecule has 1 aromatic carbocycles. The van der Waals surface area contributed by atoms with E-state index in [1.54, 1.807) is 0 Å². The van der Waals surface area contributed by atoms with Gasteiger partial charge < -0.3 is 10.6 Å². The maximum atomic E-state index is 10.3. The molecule has 0 aliphatic heterocycles. The Kier molecular flexibility index (Phi) is 3.68. The van der Waals surface area contributed by atoms with Gasteiger partial charge in [0, 0.05) is 19.8 Å². The summed E-state index contributed by atoms with van der Waals surface area (Å²) in [6.07, 6.45) is 1.53. The van der Waals surface area contributed by atoms with Crippen LogP contribution in [0.2, 0.25) is 0 Å². The lowest BCUT2D eigenvalue weighted by molar-refractivity contribution is 0.249.